The quantitative estimate of drug-likeness (QED) is 0.213. The Morgan fingerprint density at radius 3 is 2.32 bits per heavy atom. The van der Waals surface area contributed by atoms with Crippen LogP contribution in [0.5, 0.6) is 0 Å². The second-order valence-corrected chi connectivity index (χ2v) is 11.7. The number of nitriles is 1. The minimum absolute atomic E-state index is 0.0857. The summed E-state index contributed by atoms with van der Waals surface area (Å²) >= 11 is 0. The highest BCUT2D eigenvalue weighted by Gasteiger charge is 2.35. The predicted octanol–water partition coefficient (Wildman–Crippen LogP) is 8.74. The number of fused-ring (bicyclic) bond motifs is 4. The third kappa shape index (κ3) is 3.84. The van der Waals surface area contributed by atoms with Gasteiger partial charge in [0.25, 0.3) is 0 Å². The Kier molecular flexibility index (Phi) is 5.73. The van der Waals surface area contributed by atoms with Gasteiger partial charge in [-0.1, -0.05) is 56.3 Å². The Balaban J connectivity index is 1.56. The molecule has 2 aromatic heterocycles. The number of pyridine rings is 1. The van der Waals surface area contributed by atoms with Crippen molar-refractivity contribution in [3.63, 3.8) is 0 Å². The first-order valence-electron chi connectivity index (χ1n) is 14.2. The van der Waals surface area contributed by atoms with Crippen molar-refractivity contribution in [2.75, 3.05) is 11.4 Å². The molecular weight excluding hydrogens is 502 g/mol. The van der Waals surface area contributed by atoms with Crippen molar-refractivity contribution in [3.05, 3.63) is 114 Å². The van der Waals surface area contributed by atoms with Crippen molar-refractivity contribution in [3.8, 4) is 28.5 Å². The summed E-state index contributed by atoms with van der Waals surface area (Å²) in [4.78, 5) is 2.41. The molecule has 6 aromatic rings. The van der Waals surface area contributed by atoms with Crippen LogP contribution in [0.4, 0.5) is 11.4 Å². The van der Waals surface area contributed by atoms with Crippen LogP contribution < -0.4 is 9.47 Å². The summed E-state index contributed by atoms with van der Waals surface area (Å²) in [5.41, 5.74) is 11.1. The third-order valence-corrected chi connectivity index (χ3v) is 8.76. The van der Waals surface area contributed by atoms with Crippen LogP contribution in [0.2, 0.25) is 0 Å². The Hall–Kier alpha value is -4.88. The summed E-state index contributed by atoms with van der Waals surface area (Å²) in [6.45, 7) is 7.70. The lowest BCUT2D eigenvalue weighted by Crippen LogP contribution is -2.35. The molecule has 0 atom stereocenters. The van der Waals surface area contributed by atoms with Gasteiger partial charge in [0.05, 0.1) is 17.2 Å². The van der Waals surface area contributed by atoms with Gasteiger partial charge in [-0.15, -0.1) is 0 Å². The zero-order valence-corrected chi connectivity index (χ0v) is 23.9. The minimum Gasteiger partial charge on any atom is -0.454 e. The van der Waals surface area contributed by atoms with Crippen molar-refractivity contribution < 1.29 is 8.98 Å². The van der Waals surface area contributed by atoms with Crippen LogP contribution in [-0.2, 0) is 12.5 Å². The van der Waals surface area contributed by atoms with Gasteiger partial charge in [-0.25, -0.2) is 4.57 Å². The van der Waals surface area contributed by atoms with Gasteiger partial charge in [-0.2, -0.15) is 5.26 Å². The Morgan fingerprint density at radius 2 is 1.56 bits per heavy atom. The average Bonchev–Trinajstić information content (AvgIpc) is 3.36. The van der Waals surface area contributed by atoms with Crippen LogP contribution in [-0.4, -0.2) is 6.54 Å². The molecule has 4 heteroatoms. The summed E-state index contributed by atoms with van der Waals surface area (Å²) in [5, 5.41) is 12.5. The molecule has 0 bridgehead atoms. The molecule has 1 aliphatic heterocycles. The molecule has 0 spiro atoms. The number of rotatable bonds is 3. The van der Waals surface area contributed by atoms with Crippen molar-refractivity contribution in [1.29, 1.82) is 5.26 Å². The number of anilines is 2. The Morgan fingerprint density at radius 1 is 0.829 bits per heavy atom. The average molecular weight is 535 g/mol. The minimum atomic E-state index is -0.0857. The second kappa shape index (κ2) is 9.35. The lowest BCUT2D eigenvalue weighted by atomic mass is 9.73. The molecule has 7 rings (SSSR count). The van der Waals surface area contributed by atoms with Crippen LogP contribution in [0, 0.1) is 18.3 Å². The van der Waals surface area contributed by atoms with Gasteiger partial charge in [-0.3, -0.25) is 0 Å². The normalized spacial score (nSPS) is 14.3. The molecule has 0 unspecified atom stereocenters. The lowest BCUT2D eigenvalue weighted by Gasteiger charge is -2.41. The van der Waals surface area contributed by atoms with Crippen molar-refractivity contribution in [2.45, 2.75) is 32.6 Å². The maximum absolute atomic E-state index is 10.4. The van der Waals surface area contributed by atoms with Crippen LogP contribution >= 0.6 is 0 Å². The summed E-state index contributed by atoms with van der Waals surface area (Å²) in [5.74, 6) is 0. The number of para-hydroxylation sites is 1. The molecule has 1 aliphatic rings. The zero-order chi connectivity index (χ0) is 28.3. The SMILES string of the molecule is Cc1ccc2c(oc3c(-c4cccc5c4C(C)(C)CCN5c4ccccc4)c(C#N)ccc32)c1-c1cccc[n+]1C. The molecule has 200 valence electrons. The van der Waals surface area contributed by atoms with E-state index in [9.17, 15) is 5.26 Å². The van der Waals surface area contributed by atoms with E-state index in [1.807, 2.05) is 18.2 Å². The number of aromatic nitrogens is 1. The van der Waals surface area contributed by atoms with E-state index in [0.717, 1.165) is 62.9 Å². The zero-order valence-electron chi connectivity index (χ0n) is 23.9. The topological polar surface area (TPSA) is 44.1 Å². The maximum atomic E-state index is 10.4. The van der Waals surface area contributed by atoms with E-state index in [1.54, 1.807) is 0 Å². The summed E-state index contributed by atoms with van der Waals surface area (Å²) < 4.78 is 9.02. The third-order valence-electron chi connectivity index (χ3n) is 8.76. The fraction of sp³-hybridized carbons (Fsp3) is 0.189. The molecule has 0 amide bonds. The highest BCUT2D eigenvalue weighted by atomic mass is 16.3. The van der Waals surface area contributed by atoms with E-state index in [4.69, 9.17) is 4.42 Å². The largest absolute Gasteiger partial charge is 0.454 e. The maximum Gasteiger partial charge on any atom is 0.216 e. The van der Waals surface area contributed by atoms with E-state index in [1.165, 1.54) is 16.9 Å². The molecule has 0 saturated heterocycles. The monoisotopic (exact) mass is 534 g/mol. The van der Waals surface area contributed by atoms with Crippen LogP contribution in [0.3, 0.4) is 0 Å². The fourth-order valence-corrected chi connectivity index (χ4v) is 6.66. The standard InChI is InChI=1S/C37H32N3O/c1-24-16-18-27-28-19-17-25(23-38)33(36(28)41-35(27)32(24)30-14-8-9-21-39(30)4)29-13-10-15-31-34(29)37(2,3)20-22-40(31)26-11-6-5-7-12-26/h5-19,21H,20,22H2,1-4H3/q+1. The van der Waals surface area contributed by atoms with Crippen LogP contribution in [0.1, 0.15) is 37.0 Å². The van der Waals surface area contributed by atoms with Crippen LogP contribution in [0.25, 0.3) is 44.3 Å². The van der Waals surface area contributed by atoms with Crippen molar-refractivity contribution in [1.82, 2.24) is 0 Å². The van der Waals surface area contributed by atoms with E-state index < -0.39 is 0 Å². The van der Waals surface area contributed by atoms with E-state index >= 15 is 0 Å². The molecule has 4 nitrogen and oxygen atoms in total. The summed E-state index contributed by atoms with van der Waals surface area (Å²) in [6, 6.07) is 34.1. The van der Waals surface area contributed by atoms with Crippen LogP contribution in [0.15, 0.2) is 102 Å². The van der Waals surface area contributed by atoms with Gasteiger partial charge in [0.2, 0.25) is 5.69 Å². The molecule has 41 heavy (non-hydrogen) atoms. The van der Waals surface area contributed by atoms with Gasteiger partial charge < -0.3 is 9.32 Å². The van der Waals surface area contributed by atoms with Gasteiger partial charge in [0.1, 0.15) is 18.2 Å². The second-order valence-electron chi connectivity index (χ2n) is 11.7. The molecular formula is C37H32N3O+. The number of hydrogen-bond donors (Lipinski definition) is 0. The predicted molar refractivity (Wildman–Crippen MR) is 166 cm³/mol. The Bertz CT molecular complexity index is 2010. The molecule has 3 heterocycles. The number of furan rings is 1. The van der Waals surface area contributed by atoms with Gasteiger partial charge in [0.15, 0.2) is 6.20 Å². The highest BCUT2D eigenvalue weighted by Crippen LogP contribution is 2.50. The molecule has 0 fully saturated rings. The number of aryl methyl sites for hydroxylation is 2. The highest BCUT2D eigenvalue weighted by molar-refractivity contribution is 6.14. The van der Waals surface area contributed by atoms with Gasteiger partial charge >= 0.3 is 0 Å². The molecule has 0 N–H and O–H groups in total. The van der Waals surface area contributed by atoms with Gasteiger partial charge in [0, 0.05) is 46.4 Å². The molecule has 0 saturated carbocycles. The first kappa shape index (κ1) is 25.1. The smallest absolute Gasteiger partial charge is 0.216 e. The Labute approximate surface area is 240 Å². The molecule has 4 aromatic carbocycles. The van der Waals surface area contributed by atoms with E-state index in [0.29, 0.717) is 5.56 Å². The summed E-state index contributed by atoms with van der Waals surface area (Å²) in [6.07, 6.45) is 3.06. The van der Waals surface area contributed by atoms with Crippen molar-refractivity contribution in [2.24, 2.45) is 7.05 Å². The van der Waals surface area contributed by atoms with E-state index in [-0.39, 0.29) is 5.41 Å². The lowest BCUT2D eigenvalue weighted by molar-refractivity contribution is -0.660. The first-order valence-corrected chi connectivity index (χ1v) is 14.2. The fourth-order valence-electron chi connectivity index (χ4n) is 6.66. The molecule has 0 aliphatic carbocycles. The number of hydrogen-bond acceptors (Lipinski definition) is 3. The summed E-state index contributed by atoms with van der Waals surface area (Å²) in [7, 11) is 2.06. The first-order chi connectivity index (χ1) is 19.9. The number of nitrogens with zero attached hydrogens (tertiary/aromatic N) is 3. The molecule has 0 radical (unpaired) electrons. The number of benzene rings is 4. The van der Waals surface area contributed by atoms with Crippen molar-refractivity contribution >= 4 is 33.3 Å². The van der Waals surface area contributed by atoms with Gasteiger partial charge in [-0.05, 0) is 71.8 Å². The van der Waals surface area contributed by atoms with E-state index in [2.05, 4.69) is 122 Å².